The molecule has 172 valence electrons. The standard InChI is InChI=1S/C24H26F2N6O/c1-3-19-21(15-5-6-20(27)28-13-15)23(30-14-29-19)16-11-17(25)22(18(26)12-16)24(33)32-9-7-31(4-2)8-10-32/h5-6,11-14H,3-4,7-10H2,1-2H3,(H2,27,28). The molecule has 2 aromatic heterocycles. The number of halogens is 2. The number of hydrogen-bond acceptors (Lipinski definition) is 6. The number of hydrogen-bond donors (Lipinski definition) is 1. The molecule has 0 spiro atoms. The van der Waals surface area contributed by atoms with Gasteiger partial charge < -0.3 is 15.5 Å². The largest absolute Gasteiger partial charge is 0.384 e. The van der Waals surface area contributed by atoms with Gasteiger partial charge in [0, 0.05) is 49.1 Å². The number of piperazine rings is 1. The van der Waals surface area contributed by atoms with Crippen LogP contribution in [0.25, 0.3) is 22.4 Å². The molecule has 0 unspecified atom stereocenters. The lowest BCUT2D eigenvalue weighted by molar-refractivity contribution is 0.0634. The van der Waals surface area contributed by atoms with Gasteiger partial charge in [-0.05, 0) is 37.2 Å². The van der Waals surface area contributed by atoms with Crippen molar-refractivity contribution in [3.05, 3.63) is 59.7 Å². The molecular weight excluding hydrogens is 426 g/mol. The van der Waals surface area contributed by atoms with Crippen LogP contribution in [0.4, 0.5) is 14.6 Å². The zero-order valence-electron chi connectivity index (χ0n) is 18.7. The summed E-state index contributed by atoms with van der Waals surface area (Å²) < 4.78 is 30.3. The Morgan fingerprint density at radius 2 is 1.70 bits per heavy atom. The van der Waals surface area contributed by atoms with Crippen molar-refractivity contribution in [1.82, 2.24) is 24.8 Å². The zero-order valence-corrected chi connectivity index (χ0v) is 18.7. The van der Waals surface area contributed by atoms with E-state index in [0.29, 0.717) is 60.9 Å². The second kappa shape index (κ2) is 9.58. The van der Waals surface area contributed by atoms with Crippen LogP contribution in [0, 0.1) is 11.6 Å². The molecular formula is C24H26F2N6O. The van der Waals surface area contributed by atoms with Crippen molar-refractivity contribution >= 4 is 11.7 Å². The molecule has 0 saturated carbocycles. The van der Waals surface area contributed by atoms with Crippen molar-refractivity contribution in [3.63, 3.8) is 0 Å². The summed E-state index contributed by atoms with van der Waals surface area (Å²) in [5.74, 6) is -2.10. The number of anilines is 1. The quantitative estimate of drug-likeness (QED) is 0.638. The number of rotatable bonds is 5. The lowest BCUT2D eigenvalue weighted by atomic mass is 9.96. The Hall–Kier alpha value is -3.46. The van der Waals surface area contributed by atoms with Crippen LogP contribution in [0.3, 0.4) is 0 Å². The molecule has 1 aromatic carbocycles. The first-order valence-corrected chi connectivity index (χ1v) is 11.0. The van der Waals surface area contributed by atoms with Crippen molar-refractivity contribution in [1.29, 1.82) is 0 Å². The number of nitrogens with zero attached hydrogens (tertiary/aromatic N) is 5. The summed E-state index contributed by atoms with van der Waals surface area (Å²) in [5, 5.41) is 0. The first kappa shape index (κ1) is 22.7. The Bertz CT molecular complexity index is 1140. The molecule has 9 heteroatoms. The van der Waals surface area contributed by atoms with Gasteiger partial charge in [0.25, 0.3) is 5.91 Å². The van der Waals surface area contributed by atoms with Crippen molar-refractivity contribution in [2.45, 2.75) is 20.3 Å². The Morgan fingerprint density at radius 1 is 1.00 bits per heavy atom. The average molecular weight is 453 g/mol. The lowest BCUT2D eigenvalue weighted by Gasteiger charge is -2.34. The van der Waals surface area contributed by atoms with Crippen LogP contribution >= 0.6 is 0 Å². The molecule has 0 radical (unpaired) electrons. The number of benzene rings is 1. The van der Waals surface area contributed by atoms with Crippen molar-refractivity contribution in [3.8, 4) is 22.4 Å². The maximum Gasteiger partial charge on any atom is 0.259 e. The maximum atomic E-state index is 15.1. The molecule has 0 aliphatic carbocycles. The number of nitrogens with two attached hydrogens (primary N) is 1. The molecule has 1 aliphatic rings. The van der Waals surface area contributed by atoms with E-state index in [9.17, 15) is 4.79 Å². The van der Waals surface area contributed by atoms with Crippen LogP contribution in [0.15, 0.2) is 36.8 Å². The minimum absolute atomic E-state index is 0.223. The van der Waals surface area contributed by atoms with Gasteiger partial charge in [-0.2, -0.15) is 0 Å². The molecule has 1 amide bonds. The fraction of sp³-hybridized carbons (Fsp3) is 0.333. The fourth-order valence-electron chi connectivity index (χ4n) is 4.10. The van der Waals surface area contributed by atoms with Crippen LogP contribution in [-0.4, -0.2) is 63.4 Å². The molecule has 1 aliphatic heterocycles. The third-order valence-corrected chi connectivity index (χ3v) is 5.97. The molecule has 4 rings (SSSR count). The highest BCUT2D eigenvalue weighted by Crippen LogP contribution is 2.34. The van der Waals surface area contributed by atoms with Crippen LogP contribution in [-0.2, 0) is 6.42 Å². The molecule has 3 aromatic rings. The molecule has 0 atom stereocenters. The van der Waals surface area contributed by atoms with Gasteiger partial charge in [-0.1, -0.05) is 13.8 Å². The van der Waals surface area contributed by atoms with Crippen molar-refractivity contribution < 1.29 is 13.6 Å². The van der Waals surface area contributed by atoms with E-state index in [1.807, 2.05) is 13.8 Å². The number of amides is 1. The number of carbonyl (C=O) groups excluding carboxylic acids is 1. The van der Waals surface area contributed by atoms with Crippen LogP contribution in [0.2, 0.25) is 0 Å². The van der Waals surface area contributed by atoms with Gasteiger partial charge in [0.2, 0.25) is 0 Å². The summed E-state index contributed by atoms with van der Waals surface area (Å²) in [4.78, 5) is 29.3. The number of likely N-dealkylation sites (N-methyl/N-ethyl adjacent to an activating group) is 1. The molecule has 3 heterocycles. The Balaban J connectivity index is 1.73. The predicted molar refractivity (Wildman–Crippen MR) is 122 cm³/mol. The van der Waals surface area contributed by atoms with E-state index in [0.717, 1.165) is 18.7 Å². The second-order valence-electron chi connectivity index (χ2n) is 7.91. The van der Waals surface area contributed by atoms with E-state index >= 15 is 8.78 Å². The highest BCUT2D eigenvalue weighted by atomic mass is 19.1. The number of aromatic nitrogens is 3. The predicted octanol–water partition coefficient (Wildman–Crippen LogP) is 3.41. The van der Waals surface area contributed by atoms with Crippen molar-refractivity contribution in [2.75, 3.05) is 38.5 Å². The third kappa shape index (κ3) is 4.54. The van der Waals surface area contributed by atoms with Crippen LogP contribution in [0.5, 0.6) is 0 Å². The van der Waals surface area contributed by atoms with Gasteiger partial charge in [-0.15, -0.1) is 0 Å². The maximum absolute atomic E-state index is 15.1. The van der Waals surface area contributed by atoms with Gasteiger partial charge in [0.05, 0.1) is 11.4 Å². The van der Waals surface area contributed by atoms with E-state index in [4.69, 9.17) is 5.73 Å². The zero-order chi connectivity index (χ0) is 23.5. The monoisotopic (exact) mass is 452 g/mol. The molecule has 7 nitrogen and oxygen atoms in total. The van der Waals surface area contributed by atoms with E-state index in [1.54, 1.807) is 18.3 Å². The summed E-state index contributed by atoms with van der Waals surface area (Å²) in [6.07, 6.45) is 3.53. The van der Waals surface area contributed by atoms with Crippen molar-refractivity contribution in [2.24, 2.45) is 0 Å². The molecule has 2 N–H and O–H groups in total. The lowest BCUT2D eigenvalue weighted by Crippen LogP contribution is -2.48. The van der Waals surface area contributed by atoms with Gasteiger partial charge in [-0.25, -0.2) is 23.7 Å². The third-order valence-electron chi connectivity index (χ3n) is 5.97. The van der Waals surface area contributed by atoms with E-state index in [-0.39, 0.29) is 5.56 Å². The highest BCUT2D eigenvalue weighted by molar-refractivity contribution is 5.96. The smallest absolute Gasteiger partial charge is 0.259 e. The number of nitrogen functional groups attached to an aromatic ring is 1. The van der Waals surface area contributed by atoms with Gasteiger partial charge >= 0.3 is 0 Å². The van der Waals surface area contributed by atoms with E-state index < -0.39 is 23.1 Å². The summed E-state index contributed by atoms with van der Waals surface area (Å²) in [6, 6.07) is 5.74. The van der Waals surface area contributed by atoms with Gasteiger partial charge in [0.1, 0.15) is 29.3 Å². The molecule has 1 saturated heterocycles. The average Bonchev–Trinajstić information content (AvgIpc) is 2.83. The van der Waals surface area contributed by atoms with Crippen LogP contribution in [0.1, 0.15) is 29.9 Å². The molecule has 1 fully saturated rings. The normalized spacial score (nSPS) is 14.5. The fourth-order valence-corrected chi connectivity index (χ4v) is 4.10. The SMILES string of the molecule is CCc1ncnc(-c2cc(F)c(C(=O)N3CCN(CC)CC3)c(F)c2)c1-c1ccc(N)nc1. The number of carbonyl (C=O) groups is 1. The van der Waals surface area contributed by atoms with E-state index in [1.165, 1.54) is 11.2 Å². The highest BCUT2D eigenvalue weighted by Gasteiger charge is 2.27. The van der Waals surface area contributed by atoms with Gasteiger partial charge in [-0.3, -0.25) is 4.79 Å². The number of pyridine rings is 1. The van der Waals surface area contributed by atoms with Crippen LogP contribution < -0.4 is 5.73 Å². The second-order valence-corrected chi connectivity index (χ2v) is 7.91. The number of aryl methyl sites for hydroxylation is 1. The minimum Gasteiger partial charge on any atom is -0.384 e. The first-order valence-electron chi connectivity index (χ1n) is 11.0. The topological polar surface area (TPSA) is 88.2 Å². The summed E-state index contributed by atoms with van der Waals surface area (Å²) in [7, 11) is 0. The summed E-state index contributed by atoms with van der Waals surface area (Å²) in [5.41, 5.74) is 7.78. The molecule has 0 bridgehead atoms. The Labute approximate surface area is 191 Å². The van der Waals surface area contributed by atoms with E-state index in [2.05, 4.69) is 19.9 Å². The first-order chi connectivity index (χ1) is 15.9. The molecule has 33 heavy (non-hydrogen) atoms. The Morgan fingerprint density at radius 3 is 2.27 bits per heavy atom. The Kier molecular flexibility index (Phi) is 6.60. The summed E-state index contributed by atoms with van der Waals surface area (Å²) in [6.45, 7) is 7.10. The minimum atomic E-state index is -0.911. The van der Waals surface area contributed by atoms with Gasteiger partial charge in [0.15, 0.2) is 0 Å². The summed E-state index contributed by atoms with van der Waals surface area (Å²) >= 11 is 0.